The number of nitrogens with zero attached hydrogens (tertiary/aromatic N) is 3. The largest absolute Gasteiger partial charge is 0.330 e. The zero-order valence-electron chi connectivity index (χ0n) is 10.5. The van der Waals surface area contributed by atoms with E-state index in [1.807, 2.05) is 26.0 Å². The minimum Gasteiger partial charge on any atom is -0.330 e. The van der Waals surface area contributed by atoms with Gasteiger partial charge in [-0.05, 0) is 38.9 Å². The van der Waals surface area contributed by atoms with Crippen LogP contribution in [0.25, 0.3) is 11.2 Å². The third-order valence-electron chi connectivity index (χ3n) is 3.16. The van der Waals surface area contributed by atoms with Crippen LogP contribution in [0.3, 0.4) is 0 Å². The predicted octanol–water partition coefficient (Wildman–Crippen LogP) is 0.819. The summed E-state index contributed by atoms with van der Waals surface area (Å²) in [7, 11) is 1.74. The van der Waals surface area contributed by atoms with Crippen molar-refractivity contribution in [1.29, 1.82) is 0 Å². The van der Waals surface area contributed by atoms with Gasteiger partial charge in [-0.3, -0.25) is 9.13 Å². The molecule has 2 N–H and O–H groups in total. The molecule has 17 heavy (non-hydrogen) atoms. The Morgan fingerprint density at radius 1 is 1.47 bits per heavy atom. The van der Waals surface area contributed by atoms with E-state index in [1.165, 1.54) is 0 Å². The molecule has 0 aliphatic rings. The summed E-state index contributed by atoms with van der Waals surface area (Å²) in [5.74, 6) is 0. The van der Waals surface area contributed by atoms with Crippen LogP contribution in [-0.2, 0) is 12.6 Å². The first kappa shape index (κ1) is 11.9. The summed E-state index contributed by atoms with van der Waals surface area (Å²) in [5.41, 5.74) is 6.84. The molecule has 0 aliphatic carbocycles. The summed E-state index contributed by atoms with van der Waals surface area (Å²) >= 11 is 0. The maximum absolute atomic E-state index is 12.3. The molecule has 2 heterocycles. The highest BCUT2D eigenvalue weighted by molar-refractivity contribution is 5.71. The highest BCUT2D eigenvalue weighted by atomic mass is 16.1. The van der Waals surface area contributed by atoms with Crippen LogP contribution in [0.15, 0.2) is 23.1 Å². The smallest absolute Gasteiger partial charge is 0.330 e. The molecular weight excluding hydrogens is 216 g/mol. The van der Waals surface area contributed by atoms with E-state index in [-0.39, 0.29) is 11.2 Å². The predicted molar refractivity (Wildman–Crippen MR) is 68.0 cm³/mol. The zero-order valence-corrected chi connectivity index (χ0v) is 10.5. The molecule has 0 amide bonds. The Morgan fingerprint density at radius 3 is 2.82 bits per heavy atom. The highest BCUT2D eigenvalue weighted by Gasteiger charge is 2.25. The van der Waals surface area contributed by atoms with Crippen molar-refractivity contribution in [3.05, 3.63) is 28.8 Å². The van der Waals surface area contributed by atoms with Crippen LogP contribution in [0.2, 0.25) is 0 Å². The average Bonchev–Trinajstić information content (AvgIpc) is 2.53. The molecule has 0 saturated carbocycles. The number of rotatable bonds is 3. The molecule has 0 unspecified atom stereocenters. The van der Waals surface area contributed by atoms with Crippen molar-refractivity contribution in [3.63, 3.8) is 0 Å². The van der Waals surface area contributed by atoms with Crippen LogP contribution in [0.5, 0.6) is 0 Å². The number of nitrogens with two attached hydrogens (primary N) is 1. The summed E-state index contributed by atoms with van der Waals surface area (Å²) in [4.78, 5) is 16.5. The Morgan fingerprint density at radius 2 is 2.18 bits per heavy atom. The molecule has 2 rings (SSSR count). The molecule has 0 aromatic carbocycles. The lowest BCUT2D eigenvalue weighted by Gasteiger charge is -2.25. The van der Waals surface area contributed by atoms with E-state index in [0.717, 1.165) is 11.9 Å². The summed E-state index contributed by atoms with van der Waals surface area (Å²) in [6.45, 7) is 4.59. The molecule has 0 aliphatic heterocycles. The molecular formula is C12H18N4O. The van der Waals surface area contributed by atoms with Crippen LogP contribution in [0.4, 0.5) is 0 Å². The molecule has 0 saturated heterocycles. The number of aromatic nitrogens is 3. The number of hydrogen-bond donors (Lipinski definition) is 1. The van der Waals surface area contributed by atoms with Gasteiger partial charge >= 0.3 is 5.69 Å². The Hall–Kier alpha value is -1.62. The first-order chi connectivity index (χ1) is 7.99. The van der Waals surface area contributed by atoms with Gasteiger partial charge in [-0.1, -0.05) is 0 Å². The van der Waals surface area contributed by atoms with Crippen LogP contribution >= 0.6 is 0 Å². The molecule has 2 aromatic heterocycles. The highest BCUT2D eigenvalue weighted by Crippen LogP contribution is 2.22. The molecule has 0 atom stereocenters. The van der Waals surface area contributed by atoms with Crippen molar-refractivity contribution in [1.82, 2.24) is 14.1 Å². The molecule has 0 bridgehead atoms. The molecule has 92 valence electrons. The number of pyridine rings is 1. The van der Waals surface area contributed by atoms with Gasteiger partial charge in [0.2, 0.25) is 0 Å². The molecule has 0 fully saturated rings. The quantitative estimate of drug-likeness (QED) is 0.855. The standard InChI is InChI=1S/C12H18N4O/c1-12(2,6-7-13)16-9-5-4-8-14-10(9)15(3)11(16)17/h4-5,8H,6-7,13H2,1-3H3. The van der Waals surface area contributed by atoms with Crippen LogP contribution < -0.4 is 11.4 Å². The maximum atomic E-state index is 12.3. The van der Waals surface area contributed by atoms with Gasteiger partial charge < -0.3 is 5.73 Å². The lowest BCUT2D eigenvalue weighted by Crippen LogP contribution is -2.38. The minimum absolute atomic E-state index is 0.0443. The first-order valence-electron chi connectivity index (χ1n) is 5.72. The zero-order chi connectivity index (χ0) is 12.6. The van der Waals surface area contributed by atoms with Crippen molar-refractivity contribution >= 4 is 11.2 Å². The molecule has 5 heteroatoms. The number of imidazole rings is 1. The second kappa shape index (κ2) is 4.00. The van der Waals surface area contributed by atoms with E-state index >= 15 is 0 Å². The van der Waals surface area contributed by atoms with Gasteiger partial charge in [-0.2, -0.15) is 0 Å². The monoisotopic (exact) mass is 234 g/mol. The summed E-state index contributed by atoms with van der Waals surface area (Å²) in [5, 5.41) is 0. The van der Waals surface area contributed by atoms with Crippen molar-refractivity contribution in [2.75, 3.05) is 6.54 Å². The van der Waals surface area contributed by atoms with Crippen LogP contribution in [0, 0.1) is 0 Å². The normalized spacial score (nSPS) is 12.2. The van der Waals surface area contributed by atoms with Crippen molar-refractivity contribution in [2.24, 2.45) is 12.8 Å². The van der Waals surface area contributed by atoms with Gasteiger partial charge in [0.1, 0.15) is 0 Å². The van der Waals surface area contributed by atoms with Crippen molar-refractivity contribution in [3.8, 4) is 0 Å². The second-order valence-corrected chi connectivity index (χ2v) is 4.87. The van der Waals surface area contributed by atoms with Gasteiger partial charge in [0.15, 0.2) is 5.65 Å². The summed E-state index contributed by atoms with van der Waals surface area (Å²) in [6, 6.07) is 3.76. The van der Waals surface area contributed by atoms with E-state index < -0.39 is 0 Å². The lowest BCUT2D eigenvalue weighted by molar-refractivity contribution is 0.330. The number of aryl methyl sites for hydroxylation is 1. The van der Waals surface area contributed by atoms with E-state index in [0.29, 0.717) is 12.2 Å². The summed E-state index contributed by atoms with van der Waals surface area (Å²) < 4.78 is 3.36. The average molecular weight is 234 g/mol. The van der Waals surface area contributed by atoms with E-state index in [2.05, 4.69) is 4.98 Å². The molecule has 0 spiro atoms. The minimum atomic E-state index is -0.297. The Labute approximate surface area is 99.9 Å². The van der Waals surface area contributed by atoms with E-state index in [1.54, 1.807) is 22.4 Å². The third kappa shape index (κ3) is 1.76. The van der Waals surface area contributed by atoms with E-state index in [4.69, 9.17) is 5.73 Å². The fourth-order valence-electron chi connectivity index (χ4n) is 2.22. The molecule has 5 nitrogen and oxygen atoms in total. The van der Waals surface area contributed by atoms with Gasteiger partial charge in [0.25, 0.3) is 0 Å². The first-order valence-corrected chi connectivity index (χ1v) is 5.72. The number of fused-ring (bicyclic) bond motifs is 1. The van der Waals surface area contributed by atoms with Gasteiger partial charge in [0, 0.05) is 18.8 Å². The lowest BCUT2D eigenvalue weighted by atomic mass is 10.0. The Balaban J connectivity index is 2.78. The van der Waals surface area contributed by atoms with Gasteiger partial charge in [0.05, 0.1) is 5.52 Å². The maximum Gasteiger partial charge on any atom is 0.330 e. The van der Waals surface area contributed by atoms with Crippen molar-refractivity contribution in [2.45, 2.75) is 25.8 Å². The van der Waals surface area contributed by atoms with Crippen LogP contribution in [0.1, 0.15) is 20.3 Å². The fourth-order valence-corrected chi connectivity index (χ4v) is 2.22. The third-order valence-corrected chi connectivity index (χ3v) is 3.16. The summed E-state index contributed by atoms with van der Waals surface area (Å²) in [6.07, 6.45) is 2.45. The van der Waals surface area contributed by atoms with Crippen LogP contribution in [-0.4, -0.2) is 20.7 Å². The SMILES string of the molecule is Cn1c(=O)n(C(C)(C)CCN)c2cccnc21. The molecule has 0 radical (unpaired) electrons. The number of hydrogen-bond acceptors (Lipinski definition) is 3. The Kier molecular flexibility index (Phi) is 2.79. The van der Waals surface area contributed by atoms with Crippen molar-refractivity contribution < 1.29 is 0 Å². The van der Waals surface area contributed by atoms with Gasteiger partial charge in [-0.15, -0.1) is 0 Å². The van der Waals surface area contributed by atoms with E-state index in [9.17, 15) is 4.79 Å². The Bertz CT molecular complexity index is 594. The topological polar surface area (TPSA) is 65.8 Å². The molecule has 2 aromatic rings. The van der Waals surface area contributed by atoms with Gasteiger partial charge in [-0.25, -0.2) is 9.78 Å². The second-order valence-electron chi connectivity index (χ2n) is 4.87. The fraction of sp³-hybridized carbons (Fsp3) is 0.500.